The molecular weight excluding hydrogens is 520 g/mol. The van der Waals surface area contributed by atoms with Gasteiger partial charge in [0.1, 0.15) is 0 Å². The van der Waals surface area contributed by atoms with Gasteiger partial charge in [-0.25, -0.2) is 0 Å². The lowest BCUT2D eigenvalue weighted by molar-refractivity contribution is -0.198. The summed E-state index contributed by atoms with van der Waals surface area (Å²) in [4.78, 5) is 10.9. The van der Waals surface area contributed by atoms with E-state index in [1.807, 2.05) is 0 Å². The van der Waals surface area contributed by atoms with Crippen molar-refractivity contribution in [3.8, 4) is 0 Å². The molecule has 0 aromatic rings. The van der Waals surface area contributed by atoms with Crippen LogP contribution in [0.1, 0.15) is 124 Å². The van der Waals surface area contributed by atoms with Crippen LogP contribution in [0.2, 0.25) is 18.1 Å². The van der Waals surface area contributed by atoms with E-state index in [1.165, 1.54) is 32.1 Å². The summed E-state index contributed by atoms with van der Waals surface area (Å²) in [5, 5.41) is 20.6. The Hall–Kier alpha value is -0.733. The zero-order chi connectivity index (χ0) is 29.4. The van der Waals surface area contributed by atoms with Crippen molar-refractivity contribution in [2.24, 2.45) is 17.3 Å². The smallest absolute Gasteiger partial charge is 0.303 e. The number of carbonyl (C=O) groups is 1. The van der Waals surface area contributed by atoms with Gasteiger partial charge in [0.05, 0.1) is 12.2 Å². The Morgan fingerprint density at radius 3 is 2.42 bits per heavy atom. The monoisotopic (exact) mass is 580 g/mol. The van der Waals surface area contributed by atoms with Crippen LogP contribution in [0.15, 0.2) is 12.2 Å². The second kappa shape index (κ2) is 15.1. The van der Waals surface area contributed by atoms with Crippen LogP contribution >= 0.6 is 0 Å². The maximum absolute atomic E-state index is 11.4. The SMILES string of the molecule is CC(C)(C)[Si](C)(C)OC(CC[C@H]1C(OC2CCCCO2)C[C@H](O)[C@]1(C)C/C=C\CCCC(=O)O)C1CCCCC1. The van der Waals surface area contributed by atoms with Gasteiger partial charge in [-0.15, -0.1) is 0 Å². The molecule has 6 atom stereocenters. The van der Waals surface area contributed by atoms with Gasteiger partial charge in [0, 0.05) is 31.0 Å². The Morgan fingerprint density at radius 2 is 1.80 bits per heavy atom. The van der Waals surface area contributed by atoms with Gasteiger partial charge in [-0.1, -0.05) is 59.1 Å². The van der Waals surface area contributed by atoms with Crippen molar-refractivity contribution in [1.29, 1.82) is 0 Å². The molecule has 0 radical (unpaired) electrons. The lowest BCUT2D eigenvalue weighted by Crippen LogP contribution is -2.46. The minimum Gasteiger partial charge on any atom is -0.481 e. The fraction of sp³-hybridized carbons (Fsp3) is 0.909. The predicted molar refractivity (Wildman–Crippen MR) is 164 cm³/mol. The Morgan fingerprint density at radius 1 is 1.10 bits per heavy atom. The minimum atomic E-state index is -1.93. The van der Waals surface area contributed by atoms with Gasteiger partial charge < -0.3 is 24.1 Å². The number of rotatable bonds is 14. The van der Waals surface area contributed by atoms with Crippen molar-refractivity contribution in [2.75, 3.05) is 6.61 Å². The zero-order valence-corrected chi connectivity index (χ0v) is 27.5. The van der Waals surface area contributed by atoms with Gasteiger partial charge in [0.15, 0.2) is 14.6 Å². The van der Waals surface area contributed by atoms with Gasteiger partial charge >= 0.3 is 5.97 Å². The summed E-state index contributed by atoms with van der Waals surface area (Å²) in [6.45, 7) is 14.8. The summed E-state index contributed by atoms with van der Waals surface area (Å²) >= 11 is 0. The number of unbranched alkanes of at least 4 members (excludes halogenated alkanes) is 1. The van der Waals surface area contributed by atoms with Crippen LogP contribution < -0.4 is 0 Å². The van der Waals surface area contributed by atoms with Crippen molar-refractivity contribution < 1.29 is 28.9 Å². The van der Waals surface area contributed by atoms with E-state index in [0.717, 1.165) is 51.6 Å². The first-order chi connectivity index (χ1) is 18.8. The van der Waals surface area contributed by atoms with Crippen LogP contribution in [0.3, 0.4) is 0 Å². The summed E-state index contributed by atoms with van der Waals surface area (Å²) in [5.74, 6) is 0.0884. The molecule has 1 aliphatic heterocycles. The third kappa shape index (κ3) is 9.39. The van der Waals surface area contributed by atoms with E-state index in [1.54, 1.807) is 0 Å². The van der Waals surface area contributed by atoms with Gasteiger partial charge in [-0.2, -0.15) is 0 Å². The third-order valence-corrected chi connectivity index (χ3v) is 15.2. The highest BCUT2D eigenvalue weighted by molar-refractivity contribution is 6.74. The van der Waals surface area contributed by atoms with E-state index < -0.39 is 20.4 Å². The Balaban J connectivity index is 1.77. The zero-order valence-electron chi connectivity index (χ0n) is 26.5. The highest BCUT2D eigenvalue weighted by Gasteiger charge is 2.52. The van der Waals surface area contributed by atoms with Crippen molar-refractivity contribution in [3.05, 3.63) is 12.2 Å². The molecule has 0 spiro atoms. The second-order valence-corrected chi connectivity index (χ2v) is 19.4. The predicted octanol–water partition coefficient (Wildman–Crippen LogP) is 8.24. The lowest BCUT2D eigenvalue weighted by Gasteiger charge is -2.43. The van der Waals surface area contributed by atoms with Crippen molar-refractivity contribution in [1.82, 2.24) is 0 Å². The first-order valence-corrected chi connectivity index (χ1v) is 19.2. The molecule has 0 aromatic heterocycles. The molecule has 2 N–H and O–H groups in total. The topological polar surface area (TPSA) is 85.2 Å². The van der Waals surface area contributed by atoms with Crippen molar-refractivity contribution >= 4 is 14.3 Å². The normalized spacial score (nSPS) is 31.6. The van der Waals surface area contributed by atoms with Crippen LogP contribution in [0, 0.1) is 17.3 Å². The standard InChI is InChI=1S/C33H60O6Si/c1-32(2,3)40(5,6)39-27(25-16-10-9-11-17-25)21-20-26-28(38-31-19-13-15-23-37-31)24-29(34)33(26,4)22-14-8-7-12-18-30(35)36/h8,14,25-29,31,34H,7,9-13,15-24H2,1-6H3,(H,35,36)/b14-8-/t26-,27?,28?,29-,31?,33+/m0/s1. The van der Waals surface area contributed by atoms with Gasteiger partial charge in [0.25, 0.3) is 0 Å². The third-order valence-electron chi connectivity index (χ3n) is 10.7. The Labute approximate surface area is 245 Å². The molecule has 40 heavy (non-hydrogen) atoms. The average Bonchev–Trinajstić information content (AvgIpc) is 3.12. The molecule has 6 nitrogen and oxygen atoms in total. The van der Waals surface area contributed by atoms with Crippen LogP contribution in [-0.4, -0.2) is 55.7 Å². The van der Waals surface area contributed by atoms with Crippen molar-refractivity contribution in [2.45, 2.75) is 167 Å². The van der Waals surface area contributed by atoms with Crippen molar-refractivity contribution in [3.63, 3.8) is 0 Å². The van der Waals surface area contributed by atoms with Crippen LogP contribution in [0.25, 0.3) is 0 Å². The number of aliphatic carboxylic acids is 1. The highest BCUT2D eigenvalue weighted by Crippen LogP contribution is 2.51. The van der Waals surface area contributed by atoms with E-state index in [4.69, 9.17) is 19.0 Å². The summed E-state index contributed by atoms with van der Waals surface area (Å²) in [5.41, 5.74) is -0.295. The lowest BCUT2D eigenvalue weighted by atomic mass is 9.72. The number of aliphatic hydroxyl groups is 1. The van der Waals surface area contributed by atoms with Gasteiger partial charge in [-0.05, 0) is 94.2 Å². The number of carboxylic acid groups (broad SMARTS) is 1. The Bertz CT molecular complexity index is 795. The molecule has 1 heterocycles. The first-order valence-electron chi connectivity index (χ1n) is 16.3. The molecule has 3 rings (SSSR count). The summed E-state index contributed by atoms with van der Waals surface area (Å²) in [6.07, 6.45) is 18.5. The van der Waals surface area contributed by atoms with E-state index >= 15 is 0 Å². The summed E-state index contributed by atoms with van der Waals surface area (Å²) in [6, 6.07) is 0. The van der Waals surface area contributed by atoms with Gasteiger partial charge in [-0.3, -0.25) is 4.79 Å². The summed E-state index contributed by atoms with van der Waals surface area (Å²) < 4.78 is 19.8. The fourth-order valence-corrected chi connectivity index (χ4v) is 8.34. The molecule has 3 unspecified atom stereocenters. The van der Waals surface area contributed by atoms with E-state index in [-0.39, 0.29) is 41.3 Å². The number of carboxylic acids is 1. The molecular formula is C33H60O6Si. The molecule has 7 heteroatoms. The number of allylic oxidation sites excluding steroid dienone is 2. The fourth-order valence-electron chi connectivity index (χ4n) is 6.91. The molecule has 232 valence electrons. The average molecular weight is 581 g/mol. The van der Waals surface area contributed by atoms with Crippen LogP contribution in [0.4, 0.5) is 0 Å². The summed E-state index contributed by atoms with van der Waals surface area (Å²) in [7, 11) is -1.93. The van der Waals surface area contributed by atoms with E-state index in [2.05, 4.69) is 52.9 Å². The molecule has 2 saturated carbocycles. The number of hydrogen-bond donors (Lipinski definition) is 2. The maximum Gasteiger partial charge on any atom is 0.303 e. The number of aliphatic hydroxyl groups excluding tert-OH is 1. The largest absolute Gasteiger partial charge is 0.481 e. The van der Waals surface area contributed by atoms with Crippen LogP contribution in [-0.2, 0) is 18.7 Å². The molecule has 0 aromatic carbocycles. The number of hydrogen-bond acceptors (Lipinski definition) is 5. The second-order valence-electron chi connectivity index (χ2n) is 14.7. The molecule has 0 bridgehead atoms. The first kappa shape index (κ1) is 33.8. The molecule has 3 aliphatic rings. The highest BCUT2D eigenvalue weighted by atomic mass is 28.4. The number of ether oxygens (including phenoxy) is 2. The van der Waals surface area contributed by atoms with E-state index in [9.17, 15) is 9.90 Å². The molecule has 0 amide bonds. The van der Waals surface area contributed by atoms with Gasteiger partial charge in [0.2, 0.25) is 0 Å². The van der Waals surface area contributed by atoms with E-state index in [0.29, 0.717) is 18.8 Å². The van der Waals surface area contributed by atoms with Crippen LogP contribution in [0.5, 0.6) is 0 Å². The Kier molecular flexibility index (Phi) is 12.8. The molecule has 3 fully saturated rings. The molecule has 1 saturated heterocycles. The molecule has 2 aliphatic carbocycles. The quantitative estimate of drug-likeness (QED) is 0.122. The minimum absolute atomic E-state index is 0.0246. The maximum atomic E-state index is 11.4.